The fourth-order valence-corrected chi connectivity index (χ4v) is 0.934. The monoisotopic (exact) mass is 156 g/mol. The van der Waals surface area contributed by atoms with Crippen LogP contribution < -0.4 is 0 Å². The van der Waals surface area contributed by atoms with Crippen molar-refractivity contribution in [2.75, 3.05) is 6.61 Å². The van der Waals surface area contributed by atoms with Gasteiger partial charge in [-0.25, -0.2) is 0 Å². The van der Waals surface area contributed by atoms with Crippen molar-refractivity contribution in [3.05, 3.63) is 0 Å². The molecule has 1 aliphatic carbocycles. The molecule has 1 aliphatic rings. The summed E-state index contributed by atoms with van der Waals surface area (Å²) in [6.45, 7) is 7.15. The molecule has 0 bridgehead atoms. The van der Waals surface area contributed by atoms with Crippen LogP contribution in [0.4, 0.5) is 0 Å². The minimum Gasteiger partial charge on any atom is -0.377 e. The van der Waals surface area contributed by atoms with Crippen LogP contribution in [-0.2, 0) is 9.53 Å². The first kappa shape index (κ1) is 8.72. The van der Waals surface area contributed by atoms with E-state index < -0.39 is 0 Å². The topological polar surface area (TPSA) is 26.3 Å². The van der Waals surface area contributed by atoms with Gasteiger partial charge in [-0.3, -0.25) is 4.79 Å². The van der Waals surface area contributed by atoms with E-state index in [1.54, 1.807) is 0 Å². The summed E-state index contributed by atoms with van der Waals surface area (Å²) in [6.07, 6.45) is 1.49. The molecule has 1 rings (SSSR count). The summed E-state index contributed by atoms with van der Waals surface area (Å²) < 4.78 is 5.49. The molecule has 0 radical (unpaired) electrons. The molecule has 0 aromatic carbocycles. The first-order valence-corrected chi connectivity index (χ1v) is 4.11. The Kier molecular flexibility index (Phi) is 2.33. The van der Waals surface area contributed by atoms with Crippen molar-refractivity contribution in [3.8, 4) is 0 Å². The van der Waals surface area contributed by atoms with Crippen LogP contribution in [0.5, 0.6) is 0 Å². The second kappa shape index (κ2) is 2.94. The van der Waals surface area contributed by atoms with E-state index in [1.165, 1.54) is 0 Å². The lowest BCUT2D eigenvalue weighted by atomic mass is 9.93. The Morgan fingerprint density at radius 2 is 2.00 bits per heavy atom. The largest absolute Gasteiger partial charge is 0.377 e. The molecule has 0 amide bonds. The molecule has 2 nitrogen and oxygen atoms in total. The van der Waals surface area contributed by atoms with Crippen molar-refractivity contribution in [1.82, 2.24) is 0 Å². The van der Waals surface area contributed by atoms with Gasteiger partial charge in [0.2, 0.25) is 0 Å². The number of carbonyl (C=O) groups is 1. The molecule has 0 atom stereocenters. The highest BCUT2D eigenvalue weighted by Crippen LogP contribution is 2.22. The van der Waals surface area contributed by atoms with Crippen LogP contribution in [0.1, 0.15) is 33.6 Å². The molecule has 0 unspecified atom stereocenters. The normalized spacial score (nSPS) is 20.1. The van der Waals surface area contributed by atoms with E-state index in [0.717, 1.165) is 6.61 Å². The molecule has 11 heavy (non-hydrogen) atoms. The fraction of sp³-hybridized carbons (Fsp3) is 0.889. The van der Waals surface area contributed by atoms with Crippen LogP contribution in [0.3, 0.4) is 0 Å². The van der Waals surface area contributed by atoms with Crippen molar-refractivity contribution in [3.63, 3.8) is 0 Å². The lowest BCUT2D eigenvalue weighted by molar-refractivity contribution is -0.136. The number of rotatable bonds is 2. The number of Topliss-reactive ketones (excluding diaryl/α,β-unsaturated/α-hetero) is 1. The summed E-state index contributed by atoms with van der Waals surface area (Å²) in [6, 6.07) is 0. The van der Waals surface area contributed by atoms with Crippen molar-refractivity contribution in [2.45, 2.75) is 39.7 Å². The first-order valence-electron chi connectivity index (χ1n) is 4.11. The van der Waals surface area contributed by atoms with Gasteiger partial charge in [0.1, 0.15) is 5.78 Å². The summed E-state index contributed by atoms with van der Waals surface area (Å²) in [5, 5.41) is 0. The van der Waals surface area contributed by atoms with Crippen LogP contribution in [0, 0.1) is 5.41 Å². The van der Waals surface area contributed by atoms with Gasteiger partial charge in [-0.2, -0.15) is 0 Å². The molecular formula is C9H16O2. The zero-order chi connectivity index (χ0) is 8.48. The third-order valence-corrected chi connectivity index (χ3v) is 1.66. The molecule has 0 spiro atoms. The smallest absolute Gasteiger partial charge is 0.138 e. The maximum Gasteiger partial charge on any atom is 0.138 e. The van der Waals surface area contributed by atoms with E-state index in [-0.39, 0.29) is 11.5 Å². The van der Waals surface area contributed by atoms with Gasteiger partial charge in [-0.15, -0.1) is 0 Å². The van der Waals surface area contributed by atoms with Crippen LogP contribution in [0.2, 0.25) is 0 Å². The van der Waals surface area contributed by atoms with Crippen molar-refractivity contribution in [2.24, 2.45) is 5.41 Å². The number of ketones is 1. The minimum atomic E-state index is 0.221. The van der Waals surface area contributed by atoms with Gasteiger partial charge in [0.25, 0.3) is 0 Å². The molecule has 64 valence electrons. The molecule has 0 saturated heterocycles. The van der Waals surface area contributed by atoms with Gasteiger partial charge < -0.3 is 4.74 Å². The van der Waals surface area contributed by atoms with E-state index in [1.807, 2.05) is 0 Å². The quantitative estimate of drug-likeness (QED) is 0.609. The number of carbonyl (C=O) groups excluding carboxylic acids is 1. The van der Waals surface area contributed by atoms with E-state index >= 15 is 0 Å². The lowest BCUT2D eigenvalue weighted by Crippen LogP contribution is -2.33. The standard InChI is InChI=1S/C9H16O2/c1-9(2,3)6-11-8-4-7(10)5-8/h8H,4-6H2,1-3H3. The average molecular weight is 156 g/mol. The third kappa shape index (κ3) is 3.02. The number of hydrogen-bond donors (Lipinski definition) is 0. The van der Waals surface area contributed by atoms with Gasteiger partial charge in [0.15, 0.2) is 0 Å². The number of ether oxygens (including phenoxy) is 1. The molecule has 1 saturated carbocycles. The number of hydrogen-bond acceptors (Lipinski definition) is 2. The highest BCUT2D eigenvalue weighted by Gasteiger charge is 2.28. The van der Waals surface area contributed by atoms with Crippen LogP contribution in [-0.4, -0.2) is 18.5 Å². The van der Waals surface area contributed by atoms with E-state index in [0.29, 0.717) is 18.6 Å². The molecule has 2 heteroatoms. The summed E-state index contributed by atoms with van der Waals surface area (Å²) in [7, 11) is 0. The molecule has 0 heterocycles. The highest BCUT2D eigenvalue weighted by molar-refractivity contribution is 5.85. The first-order chi connectivity index (χ1) is 4.97. The molecule has 1 fully saturated rings. The van der Waals surface area contributed by atoms with Gasteiger partial charge in [0.05, 0.1) is 12.7 Å². The molecule has 0 aromatic rings. The Morgan fingerprint density at radius 1 is 1.45 bits per heavy atom. The molecule has 0 N–H and O–H groups in total. The van der Waals surface area contributed by atoms with Gasteiger partial charge >= 0.3 is 0 Å². The maximum absolute atomic E-state index is 10.6. The Labute approximate surface area is 67.9 Å². The molecule has 0 aliphatic heterocycles. The van der Waals surface area contributed by atoms with Gasteiger partial charge in [-0.1, -0.05) is 20.8 Å². The van der Waals surface area contributed by atoms with Crippen LogP contribution >= 0.6 is 0 Å². The second-order valence-corrected chi connectivity index (χ2v) is 4.44. The Morgan fingerprint density at radius 3 is 2.36 bits per heavy atom. The summed E-state index contributed by atoms with van der Waals surface area (Å²) in [5.41, 5.74) is 0.221. The summed E-state index contributed by atoms with van der Waals surface area (Å²) in [4.78, 5) is 10.6. The van der Waals surface area contributed by atoms with E-state index in [4.69, 9.17) is 4.74 Å². The molecule has 0 aromatic heterocycles. The zero-order valence-electron chi connectivity index (χ0n) is 7.52. The van der Waals surface area contributed by atoms with E-state index in [9.17, 15) is 4.79 Å². The van der Waals surface area contributed by atoms with Gasteiger partial charge in [-0.05, 0) is 5.41 Å². The third-order valence-electron chi connectivity index (χ3n) is 1.66. The van der Waals surface area contributed by atoms with Gasteiger partial charge in [0, 0.05) is 12.8 Å². The van der Waals surface area contributed by atoms with Crippen molar-refractivity contribution >= 4 is 5.78 Å². The van der Waals surface area contributed by atoms with Crippen LogP contribution in [0.25, 0.3) is 0 Å². The Hall–Kier alpha value is -0.370. The summed E-state index contributed by atoms with van der Waals surface area (Å²) >= 11 is 0. The highest BCUT2D eigenvalue weighted by atomic mass is 16.5. The molecular weight excluding hydrogens is 140 g/mol. The summed E-state index contributed by atoms with van der Waals surface area (Å²) in [5.74, 6) is 0.337. The fourth-order valence-electron chi connectivity index (χ4n) is 0.934. The van der Waals surface area contributed by atoms with E-state index in [2.05, 4.69) is 20.8 Å². The maximum atomic E-state index is 10.6. The SMILES string of the molecule is CC(C)(C)COC1CC(=O)C1. The minimum absolute atomic E-state index is 0.221. The second-order valence-electron chi connectivity index (χ2n) is 4.44. The Balaban J connectivity index is 2.10. The zero-order valence-corrected chi connectivity index (χ0v) is 7.52. The van der Waals surface area contributed by atoms with Crippen molar-refractivity contribution < 1.29 is 9.53 Å². The predicted molar refractivity (Wildman–Crippen MR) is 43.4 cm³/mol. The van der Waals surface area contributed by atoms with Crippen molar-refractivity contribution in [1.29, 1.82) is 0 Å². The average Bonchev–Trinajstić information content (AvgIpc) is 1.75. The van der Waals surface area contributed by atoms with Crippen LogP contribution in [0.15, 0.2) is 0 Å². The lowest BCUT2D eigenvalue weighted by Gasteiger charge is -2.28. The Bertz CT molecular complexity index is 147. The predicted octanol–water partition coefficient (Wildman–Crippen LogP) is 1.78.